The molecule has 0 spiro atoms. The molecule has 0 unspecified atom stereocenters. The third-order valence-electron chi connectivity index (χ3n) is 3.34. The van der Waals surface area contributed by atoms with Crippen molar-refractivity contribution in [1.29, 1.82) is 0 Å². The molecule has 2 aromatic carbocycles. The predicted octanol–water partition coefficient (Wildman–Crippen LogP) is 5.02. The maximum atomic E-state index is 12.1. The molecule has 1 aliphatic heterocycles. The van der Waals surface area contributed by atoms with Crippen LogP contribution < -0.4 is 10.1 Å². The molecule has 1 aliphatic rings. The number of carbonyl (C=O) groups excluding carboxylic acids is 1. The Hall–Kier alpha value is -2.24. The van der Waals surface area contributed by atoms with E-state index in [0.29, 0.717) is 27.4 Å². The van der Waals surface area contributed by atoms with Gasteiger partial charge >= 0.3 is 0 Å². The first-order valence-corrected chi connectivity index (χ1v) is 9.11. The highest BCUT2D eigenvalue weighted by Gasteiger charge is 2.23. The molecule has 0 radical (unpaired) electrons. The molecular weight excluding hydrogens is 356 g/mol. The summed E-state index contributed by atoms with van der Waals surface area (Å²) in [5, 5.41) is 3.92. The van der Waals surface area contributed by atoms with Crippen LogP contribution in [0, 0.1) is 0 Å². The van der Waals surface area contributed by atoms with Crippen molar-refractivity contribution in [2.75, 3.05) is 6.61 Å². The average molecular weight is 373 g/mol. The van der Waals surface area contributed by atoms with Crippen LogP contribution >= 0.6 is 23.4 Å². The van der Waals surface area contributed by atoms with Crippen molar-refractivity contribution >= 4 is 46.2 Å². The number of carbonyl (C=O) groups is 1. The van der Waals surface area contributed by atoms with Crippen LogP contribution in [0.4, 0.5) is 5.69 Å². The summed E-state index contributed by atoms with van der Waals surface area (Å²) in [4.78, 5) is 17.1. The summed E-state index contributed by atoms with van der Waals surface area (Å²) in [5.41, 5.74) is 1.64. The Balaban J connectivity index is 1.72. The smallest absolute Gasteiger partial charge is 0.264 e. The van der Waals surface area contributed by atoms with Gasteiger partial charge in [-0.2, -0.15) is 0 Å². The van der Waals surface area contributed by atoms with Gasteiger partial charge in [-0.3, -0.25) is 4.79 Å². The van der Waals surface area contributed by atoms with E-state index in [0.717, 1.165) is 17.7 Å². The predicted molar refractivity (Wildman–Crippen MR) is 104 cm³/mol. The number of hydrogen-bond donors (Lipinski definition) is 1. The Morgan fingerprint density at radius 3 is 2.76 bits per heavy atom. The normalized spacial score (nSPS) is 17.1. The summed E-state index contributed by atoms with van der Waals surface area (Å²) in [7, 11) is 0. The van der Waals surface area contributed by atoms with E-state index in [-0.39, 0.29) is 5.91 Å². The second-order valence-electron chi connectivity index (χ2n) is 5.38. The zero-order valence-corrected chi connectivity index (χ0v) is 15.2. The van der Waals surface area contributed by atoms with Gasteiger partial charge in [0, 0.05) is 5.02 Å². The van der Waals surface area contributed by atoms with E-state index in [1.807, 2.05) is 42.5 Å². The molecule has 128 valence electrons. The minimum atomic E-state index is -0.155. The average Bonchev–Trinajstić information content (AvgIpc) is 2.93. The minimum Gasteiger partial charge on any atom is -0.494 e. The Kier molecular flexibility index (Phi) is 5.79. The lowest BCUT2D eigenvalue weighted by Gasteiger charge is -2.04. The van der Waals surface area contributed by atoms with E-state index in [2.05, 4.69) is 17.2 Å². The summed E-state index contributed by atoms with van der Waals surface area (Å²) in [6.07, 6.45) is 2.81. The molecule has 25 heavy (non-hydrogen) atoms. The van der Waals surface area contributed by atoms with E-state index in [9.17, 15) is 4.79 Å². The van der Waals surface area contributed by atoms with Gasteiger partial charge in [0.1, 0.15) is 5.75 Å². The molecule has 1 saturated heterocycles. The van der Waals surface area contributed by atoms with Gasteiger partial charge in [-0.1, -0.05) is 36.7 Å². The Labute approximate surface area is 155 Å². The number of aliphatic imine (C=N–C) groups is 1. The maximum absolute atomic E-state index is 12.1. The van der Waals surface area contributed by atoms with Crippen molar-refractivity contribution < 1.29 is 9.53 Å². The molecule has 6 heteroatoms. The molecule has 3 rings (SSSR count). The van der Waals surface area contributed by atoms with Crippen molar-refractivity contribution in [2.24, 2.45) is 4.99 Å². The lowest BCUT2D eigenvalue weighted by Crippen LogP contribution is -2.19. The standard InChI is InChI=1S/C19H17ClN2O2S/c1-2-10-24-16-8-6-13(7-9-16)11-17-18(23)22-19(25-17)21-15-5-3-4-14(20)12-15/h3-9,11-12H,2,10H2,1H3,(H,21,22,23)/b17-11+. The second-order valence-corrected chi connectivity index (χ2v) is 6.85. The molecule has 4 nitrogen and oxygen atoms in total. The van der Waals surface area contributed by atoms with Gasteiger partial charge < -0.3 is 10.1 Å². The Morgan fingerprint density at radius 1 is 1.24 bits per heavy atom. The van der Waals surface area contributed by atoms with E-state index in [4.69, 9.17) is 16.3 Å². The largest absolute Gasteiger partial charge is 0.494 e. The van der Waals surface area contributed by atoms with E-state index in [1.54, 1.807) is 12.1 Å². The van der Waals surface area contributed by atoms with Gasteiger partial charge in [0.25, 0.3) is 5.91 Å². The Morgan fingerprint density at radius 2 is 2.04 bits per heavy atom. The molecule has 1 heterocycles. The molecule has 1 N–H and O–H groups in total. The fourth-order valence-electron chi connectivity index (χ4n) is 2.18. The summed E-state index contributed by atoms with van der Waals surface area (Å²) in [6, 6.07) is 14.9. The van der Waals surface area contributed by atoms with E-state index < -0.39 is 0 Å². The van der Waals surface area contributed by atoms with E-state index >= 15 is 0 Å². The number of rotatable bonds is 5. The van der Waals surface area contributed by atoms with Crippen LogP contribution in [0.5, 0.6) is 5.75 Å². The highest BCUT2D eigenvalue weighted by molar-refractivity contribution is 8.18. The van der Waals surface area contributed by atoms with Crippen molar-refractivity contribution in [3.63, 3.8) is 0 Å². The molecule has 1 fully saturated rings. The quantitative estimate of drug-likeness (QED) is 0.749. The number of thioether (sulfide) groups is 1. The van der Waals surface area contributed by atoms with Gasteiger partial charge in [0.15, 0.2) is 5.17 Å². The van der Waals surface area contributed by atoms with Gasteiger partial charge in [-0.25, -0.2) is 4.99 Å². The van der Waals surface area contributed by atoms with Crippen molar-refractivity contribution in [2.45, 2.75) is 13.3 Å². The molecule has 2 aromatic rings. The summed E-state index contributed by atoms with van der Waals surface area (Å²) in [6.45, 7) is 2.76. The van der Waals surface area contributed by atoms with Crippen molar-refractivity contribution in [3.8, 4) is 5.75 Å². The third kappa shape index (κ3) is 4.87. The molecule has 1 amide bonds. The first-order chi connectivity index (χ1) is 12.1. The molecular formula is C19H17ClN2O2S. The van der Waals surface area contributed by atoms with Crippen LogP contribution in [0.25, 0.3) is 6.08 Å². The van der Waals surface area contributed by atoms with Crippen LogP contribution in [0.3, 0.4) is 0 Å². The van der Waals surface area contributed by atoms with Gasteiger partial charge in [-0.15, -0.1) is 0 Å². The molecule has 0 atom stereocenters. The zero-order valence-electron chi connectivity index (χ0n) is 13.7. The number of hydrogen-bond acceptors (Lipinski definition) is 4. The number of amides is 1. The lowest BCUT2D eigenvalue weighted by atomic mass is 10.2. The number of halogens is 1. The highest BCUT2D eigenvalue weighted by Crippen LogP contribution is 2.29. The number of nitrogens with one attached hydrogen (secondary N) is 1. The number of benzene rings is 2. The highest BCUT2D eigenvalue weighted by atomic mass is 35.5. The molecule has 0 aliphatic carbocycles. The first-order valence-electron chi connectivity index (χ1n) is 7.92. The summed E-state index contributed by atoms with van der Waals surface area (Å²) < 4.78 is 5.56. The minimum absolute atomic E-state index is 0.155. The van der Waals surface area contributed by atoms with Gasteiger partial charge in [0.2, 0.25) is 0 Å². The molecule has 0 bridgehead atoms. The SMILES string of the molecule is CCCOc1ccc(/C=C2/SC(=Nc3cccc(Cl)c3)NC2=O)cc1. The van der Waals surface area contributed by atoms with E-state index in [1.165, 1.54) is 11.8 Å². The van der Waals surface area contributed by atoms with Gasteiger partial charge in [-0.05, 0) is 60.2 Å². The summed E-state index contributed by atoms with van der Waals surface area (Å²) in [5.74, 6) is 0.674. The first kappa shape index (κ1) is 17.6. The topological polar surface area (TPSA) is 50.7 Å². The summed E-state index contributed by atoms with van der Waals surface area (Å²) >= 11 is 7.26. The number of nitrogens with zero attached hydrogens (tertiary/aromatic N) is 1. The fraction of sp³-hybridized carbons (Fsp3) is 0.158. The number of ether oxygens (including phenoxy) is 1. The van der Waals surface area contributed by atoms with Crippen molar-refractivity contribution in [3.05, 3.63) is 64.0 Å². The van der Waals surface area contributed by atoms with Crippen molar-refractivity contribution in [1.82, 2.24) is 5.32 Å². The Bertz CT molecular complexity index is 832. The third-order valence-corrected chi connectivity index (χ3v) is 4.49. The fourth-order valence-corrected chi connectivity index (χ4v) is 3.20. The van der Waals surface area contributed by atoms with Gasteiger partial charge in [0.05, 0.1) is 17.2 Å². The van der Waals surface area contributed by atoms with Crippen LogP contribution in [0.2, 0.25) is 5.02 Å². The maximum Gasteiger partial charge on any atom is 0.264 e. The van der Waals surface area contributed by atoms with Crippen LogP contribution in [-0.4, -0.2) is 17.7 Å². The monoisotopic (exact) mass is 372 g/mol. The number of amidine groups is 1. The van der Waals surface area contributed by atoms with Crippen LogP contribution in [-0.2, 0) is 4.79 Å². The van der Waals surface area contributed by atoms with Crippen LogP contribution in [0.15, 0.2) is 58.4 Å². The molecule has 0 saturated carbocycles. The lowest BCUT2D eigenvalue weighted by molar-refractivity contribution is -0.115. The second kappa shape index (κ2) is 8.23. The molecule has 0 aromatic heterocycles. The zero-order chi connectivity index (χ0) is 17.6. The van der Waals surface area contributed by atoms with Crippen LogP contribution in [0.1, 0.15) is 18.9 Å².